The Balaban J connectivity index is 2.05. The van der Waals surface area contributed by atoms with Crippen molar-refractivity contribution in [1.82, 2.24) is 9.71 Å². The van der Waals surface area contributed by atoms with Gasteiger partial charge in [0.05, 0.1) is 5.69 Å². The molecule has 0 unspecified atom stereocenters. The predicted molar refractivity (Wildman–Crippen MR) is 73.9 cm³/mol. The van der Waals surface area contributed by atoms with Crippen LogP contribution in [0.3, 0.4) is 0 Å². The molecule has 6 heteroatoms. The molecule has 1 aromatic heterocycles. The van der Waals surface area contributed by atoms with Crippen LogP contribution in [-0.2, 0) is 16.6 Å². The molecule has 1 aliphatic rings. The minimum absolute atomic E-state index is 0.126. The van der Waals surface area contributed by atoms with Crippen molar-refractivity contribution in [3.63, 3.8) is 0 Å². The van der Waals surface area contributed by atoms with Crippen LogP contribution in [0.25, 0.3) is 0 Å². The molecule has 1 fully saturated rings. The maximum atomic E-state index is 12.2. The summed E-state index contributed by atoms with van der Waals surface area (Å²) in [7, 11) is -3.49. The van der Waals surface area contributed by atoms with Gasteiger partial charge < -0.3 is 5.73 Å². The van der Waals surface area contributed by atoms with Gasteiger partial charge in [-0.2, -0.15) is 0 Å². The molecule has 5 nitrogen and oxygen atoms in total. The fourth-order valence-corrected chi connectivity index (χ4v) is 3.83. The third-order valence-corrected chi connectivity index (χ3v) is 5.12. The van der Waals surface area contributed by atoms with Crippen molar-refractivity contribution < 1.29 is 8.42 Å². The van der Waals surface area contributed by atoms with Crippen LogP contribution < -0.4 is 10.5 Å². The fraction of sp³-hybridized carbons (Fsp3) is 0.615. The second-order valence-electron chi connectivity index (χ2n) is 5.01. The second kappa shape index (κ2) is 6.45. The Labute approximate surface area is 114 Å². The van der Waals surface area contributed by atoms with Gasteiger partial charge in [0.15, 0.2) is 0 Å². The van der Waals surface area contributed by atoms with Gasteiger partial charge in [-0.1, -0.05) is 19.3 Å². The van der Waals surface area contributed by atoms with Crippen molar-refractivity contribution in [3.05, 3.63) is 24.0 Å². The van der Waals surface area contributed by atoms with E-state index in [2.05, 4.69) is 9.71 Å². The lowest BCUT2D eigenvalue weighted by atomic mass is 9.90. The Morgan fingerprint density at radius 3 is 2.74 bits per heavy atom. The summed E-state index contributed by atoms with van der Waals surface area (Å²) in [6.07, 6.45) is 7.45. The normalized spacial score (nSPS) is 17.5. The molecule has 0 aliphatic heterocycles. The van der Waals surface area contributed by atoms with Crippen molar-refractivity contribution in [2.24, 2.45) is 11.7 Å². The summed E-state index contributed by atoms with van der Waals surface area (Å²) in [4.78, 5) is 4.22. The number of pyridine rings is 1. The number of hydrogen-bond acceptors (Lipinski definition) is 4. The molecule has 19 heavy (non-hydrogen) atoms. The third kappa shape index (κ3) is 3.75. The van der Waals surface area contributed by atoms with Gasteiger partial charge in [-0.25, -0.2) is 13.1 Å². The van der Waals surface area contributed by atoms with E-state index in [0.29, 0.717) is 18.2 Å². The molecule has 0 saturated heterocycles. The number of aromatic nitrogens is 1. The number of rotatable bonds is 5. The first-order valence-corrected chi connectivity index (χ1v) is 8.25. The van der Waals surface area contributed by atoms with E-state index in [1.165, 1.54) is 19.3 Å². The maximum absolute atomic E-state index is 12.2. The molecule has 1 aliphatic carbocycles. The van der Waals surface area contributed by atoms with E-state index in [9.17, 15) is 8.42 Å². The van der Waals surface area contributed by atoms with E-state index in [1.54, 1.807) is 18.3 Å². The number of nitrogens with two attached hydrogens (primary N) is 1. The quantitative estimate of drug-likeness (QED) is 0.855. The highest BCUT2D eigenvalue weighted by Crippen LogP contribution is 2.23. The number of nitrogens with zero attached hydrogens (tertiary/aromatic N) is 1. The fourth-order valence-electron chi connectivity index (χ4n) is 2.52. The lowest BCUT2D eigenvalue weighted by Gasteiger charge is -2.21. The van der Waals surface area contributed by atoms with Crippen molar-refractivity contribution in [1.29, 1.82) is 0 Å². The average molecular weight is 283 g/mol. The van der Waals surface area contributed by atoms with Gasteiger partial charge in [-0.3, -0.25) is 4.98 Å². The van der Waals surface area contributed by atoms with Gasteiger partial charge >= 0.3 is 0 Å². The highest BCUT2D eigenvalue weighted by molar-refractivity contribution is 7.89. The van der Waals surface area contributed by atoms with Crippen LogP contribution in [0, 0.1) is 5.92 Å². The Morgan fingerprint density at radius 1 is 1.32 bits per heavy atom. The van der Waals surface area contributed by atoms with E-state index >= 15 is 0 Å². The SMILES string of the molecule is NCc1ncccc1S(=O)(=O)NCC1CCCCC1. The number of hydrogen-bond donors (Lipinski definition) is 2. The zero-order valence-electron chi connectivity index (χ0n) is 11.0. The molecule has 0 aromatic carbocycles. The summed E-state index contributed by atoms with van der Waals surface area (Å²) in [5.41, 5.74) is 5.95. The first kappa shape index (κ1) is 14.4. The summed E-state index contributed by atoms with van der Waals surface area (Å²) in [6, 6.07) is 3.17. The van der Waals surface area contributed by atoms with Gasteiger partial charge in [-0.05, 0) is 30.9 Å². The van der Waals surface area contributed by atoms with Gasteiger partial charge in [0.25, 0.3) is 0 Å². The van der Waals surface area contributed by atoms with Crippen molar-refractivity contribution in [2.75, 3.05) is 6.54 Å². The molecule has 0 spiro atoms. The summed E-state index contributed by atoms with van der Waals surface area (Å²) >= 11 is 0. The van der Waals surface area contributed by atoms with Crippen molar-refractivity contribution in [2.45, 2.75) is 43.5 Å². The van der Waals surface area contributed by atoms with Crippen LogP contribution in [0.4, 0.5) is 0 Å². The first-order chi connectivity index (χ1) is 9.13. The molecule has 3 N–H and O–H groups in total. The van der Waals surface area contributed by atoms with Crippen LogP contribution in [0.15, 0.2) is 23.2 Å². The molecular weight excluding hydrogens is 262 g/mol. The van der Waals surface area contributed by atoms with Crippen LogP contribution in [-0.4, -0.2) is 19.9 Å². The largest absolute Gasteiger partial charge is 0.325 e. The summed E-state index contributed by atoms with van der Waals surface area (Å²) in [6.45, 7) is 0.641. The van der Waals surface area contributed by atoms with Crippen LogP contribution >= 0.6 is 0 Å². The van der Waals surface area contributed by atoms with E-state index in [0.717, 1.165) is 12.8 Å². The molecular formula is C13H21N3O2S. The third-order valence-electron chi connectivity index (χ3n) is 3.62. The minimum Gasteiger partial charge on any atom is -0.325 e. The summed E-state index contributed by atoms with van der Waals surface area (Å²) in [5, 5.41) is 0. The smallest absolute Gasteiger partial charge is 0.242 e. The first-order valence-electron chi connectivity index (χ1n) is 6.77. The Hall–Kier alpha value is -0.980. The molecule has 1 saturated carbocycles. The molecule has 106 valence electrons. The summed E-state index contributed by atoms with van der Waals surface area (Å²) in [5.74, 6) is 0.460. The van der Waals surface area contributed by atoms with Gasteiger partial charge in [0.1, 0.15) is 4.90 Å². The molecule has 0 bridgehead atoms. The Kier molecular flexibility index (Phi) is 4.90. The van der Waals surface area contributed by atoms with E-state index < -0.39 is 10.0 Å². The standard InChI is InChI=1S/C13H21N3O2S/c14-9-12-13(7-4-8-15-12)19(17,18)16-10-11-5-2-1-3-6-11/h4,7-8,11,16H,1-3,5-6,9-10,14H2. The van der Waals surface area contributed by atoms with Crippen molar-refractivity contribution >= 4 is 10.0 Å². The van der Waals surface area contributed by atoms with Crippen LogP contribution in [0.5, 0.6) is 0 Å². The monoisotopic (exact) mass is 283 g/mol. The highest BCUT2D eigenvalue weighted by atomic mass is 32.2. The topological polar surface area (TPSA) is 85.1 Å². The second-order valence-corrected chi connectivity index (χ2v) is 6.74. The molecule has 1 aromatic rings. The van der Waals surface area contributed by atoms with Crippen LogP contribution in [0.2, 0.25) is 0 Å². The molecule has 1 heterocycles. The zero-order valence-corrected chi connectivity index (χ0v) is 11.8. The van der Waals surface area contributed by atoms with E-state index in [4.69, 9.17) is 5.73 Å². The maximum Gasteiger partial charge on any atom is 0.242 e. The Bertz CT molecular complexity index is 510. The number of nitrogens with one attached hydrogen (secondary N) is 1. The van der Waals surface area contributed by atoms with Gasteiger partial charge in [-0.15, -0.1) is 0 Å². The minimum atomic E-state index is -3.49. The molecule has 0 atom stereocenters. The predicted octanol–water partition coefficient (Wildman–Crippen LogP) is 1.40. The Morgan fingerprint density at radius 2 is 2.05 bits per heavy atom. The van der Waals surface area contributed by atoms with Gasteiger partial charge in [0, 0.05) is 19.3 Å². The number of sulfonamides is 1. The van der Waals surface area contributed by atoms with E-state index in [1.807, 2.05) is 0 Å². The van der Waals surface area contributed by atoms with E-state index in [-0.39, 0.29) is 11.4 Å². The highest BCUT2D eigenvalue weighted by Gasteiger charge is 2.21. The summed E-state index contributed by atoms with van der Waals surface area (Å²) < 4.78 is 27.2. The van der Waals surface area contributed by atoms with Crippen molar-refractivity contribution in [3.8, 4) is 0 Å². The van der Waals surface area contributed by atoms with Gasteiger partial charge in [0.2, 0.25) is 10.0 Å². The average Bonchev–Trinajstić information content (AvgIpc) is 2.46. The molecule has 0 radical (unpaired) electrons. The zero-order chi connectivity index (χ0) is 13.7. The van der Waals surface area contributed by atoms with Crippen LogP contribution in [0.1, 0.15) is 37.8 Å². The lowest BCUT2D eigenvalue weighted by Crippen LogP contribution is -2.31. The molecule has 0 amide bonds. The lowest BCUT2D eigenvalue weighted by molar-refractivity contribution is 0.357. The molecule has 2 rings (SSSR count).